The summed E-state index contributed by atoms with van der Waals surface area (Å²) in [5.41, 5.74) is -2.08. The molecule has 1 unspecified atom stereocenters. The van der Waals surface area contributed by atoms with Gasteiger partial charge in [-0.15, -0.1) is 0 Å². The molecule has 1 aliphatic rings. The summed E-state index contributed by atoms with van der Waals surface area (Å²) in [5, 5.41) is 24.2. The van der Waals surface area contributed by atoms with E-state index in [0.717, 1.165) is 18.2 Å². The van der Waals surface area contributed by atoms with Gasteiger partial charge in [-0.05, 0) is 12.5 Å². The van der Waals surface area contributed by atoms with Gasteiger partial charge in [0.25, 0.3) is 17.3 Å². The molecule has 0 aliphatic carbocycles. The Morgan fingerprint density at radius 1 is 1.18 bits per heavy atom. The van der Waals surface area contributed by atoms with Crippen molar-refractivity contribution in [3.05, 3.63) is 44.0 Å². The zero-order chi connectivity index (χ0) is 16.5. The Bertz CT molecular complexity index is 727. The van der Waals surface area contributed by atoms with Gasteiger partial charge >= 0.3 is 0 Å². The summed E-state index contributed by atoms with van der Waals surface area (Å²) in [6.45, 7) is 0. The maximum atomic E-state index is 12.1. The highest BCUT2D eigenvalue weighted by Crippen LogP contribution is 2.28. The maximum Gasteiger partial charge on any atom is 0.289 e. The van der Waals surface area contributed by atoms with Crippen molar-refractivity contribution in [3.8, 4) is 0 Å². The SMILES string of the molecule is O=C(NC1CCS(=O)(=O)C1)c1c([N+](=O)[O-])cccc1[N+](=O)[O-]. The van der Waals surface area contributed by atoms with Crippen LogP contribution < -0.4 is 5.32 Å². The minimum absolute atomic E-state index is 0.100. The second-order valence-corrected chi connectivity index (χ2v) is 6.99. The molecule has 1 amide bonds. The average molecular weight is 329 g/mol. The van der Waals surface area contributed by atoms with Crippen LogP contribution in [-0.2, 0) is 9.84 Å². The van der Waals surface area contributed by atoms with E-state index in [1.54, 1.807) is 0 Å². The van der Waals surface area contributed by atoms with Gasteiger partial charge in [0.2, 0.25) is 0 Å². The van der Waals surface area contributed by atoms with E-state index in [2.05, 4.69) is 5.32 Å². The molecular formula is C11H11N3O7S. The van der Waals surface area contributed by atoms with E-state index in [-0.39, 0.29) is 17.9 Å². The van der Waals surface area contributed by atoms with Crippen LogP contribution in [0, 0.1) is 20.2 Å². The number of sulfone groups is 1. The van der Waals surface area contributed by atoms with Crippen LogP contribution >= 0.6 is 0 Å². The van der Waals surface area contributed by atoms with Gasteiger partial charge < -0.3 is 5.32 Å². The smallest absolute Gasteiger partial charge is 0.289 e. The predicted octanol–water partition coefficient (Wildman–Crippen LogP) is 0.420. The van der Waals surface area contributed by atoms with Gasteiger partial charge in [-0.1, -0.05) is 0 Å². The quantitative estimate of drug-likeness (QED) is 0.621. The molecule has 22 heavy (non-hydrogen) atoms. The summed E-state index contributed by atoms with van der Waals surface area (Å²) in [5.74, 6) is -1.41. The summed E-state index contributed by atoms with van der Waals surface area (Å²) in [6, 6.07) is 2.35. The van der Waals surface area contributed by atoms with Crippen LogP contribution in [0.4, 0.5) is 11.4 Å². The number of nitrogens with zero attached hydrogens (tertiary/aromatic N) is 2. The van der Waals surface area contributed by atoms with Crippen LogP contribution in [0.25, 0.3) is 0 Å². The molecule has 1 aliphatic heterocycles. The van der Waals surface area contributed by atoms with Crippen molar-refractivity contribution >= 4 is 27.1 Å². The molecule has 118 valence electrons. The number of rotatable bonds is 4. The lowest BCUT2D eigenvalue weighted by Crippen LogP contribution is -2.36. The minimum atomic E-state index is -3.26. The van der Waals surface area contributed by atoms with E-state index in [0.29, 0.717) is 0 Å². The topological polar surface area (TPSA) is 150 Å². The minimum Gasteiger partial charge on any atom is -0.348 e. The Morgan fingerprint density at radius 2 is 1.73 bits per heavy atom. The molecule has 2 rings (SSSR count). The van der Waals surface area contributed by atoms with Gasteiger partial charge in [-0.2, -0.15) is 0 Å². The number of carbonyl (C=O) groups is 1. The molecule has 1 atom stereocenters. The summed E-state index contributed by atoms with van der Waals surface area (Å²) in [6.07, 6.45) is 0.169. The number of amides is 1. The molecule has 1 heterocycles. The number of nitrogens with one attached hydrogen (secondary N) is 1. The van der Waals surface area contributed by atoms with Crippen LogP contribution in [0.5, 0.6) is 0 Å². The van der Waals surface area contributed by atoms with E-state index in [1.165, 1.54) is 0 Å². The Hall–Kier alpha value is -2.56. The lowest BCUT2D eigenvalue weighted by molar-refractivity contribution is -0.394. The fraction of sp³-hybridized carbons (Fsp3) is 0.364. The summed E-state index contributed by atoms with van der Waals surface area (Å²) < 4.78 is 22.7. The van der Waals surface area contributed by atoms with E-state index in [4.69, 9.17) is 0 Å². The largest absolute Gasteiger partial charge is 0.348 e. The van der Waals surface area contributed by atoms with Crippen LogP contribution in [0.2, 0.25) is 0 Å². The predicted molar refractivity (Wildman–Crippen MR) is 74.3 cm³/mol. The summed E-state index contributed by atoms with van der Waals surface area (Å²) in [7, 11) is -3.26. The maximum absolute atomic E-state index is 12.1. The van der Waals surface area contributed by atoms with Gasteiger partial charge in [-0.3, -0.25) is 25.0 Å². The summed E-state index contributed by atoms with van der Waals surface area (Å²) in [4.78, 5) is 32.3. The van der Waals surface area contributed by atoms with Gasteiger partial charge in [0.15, 0.2) is 15.4 Å². The number of hydrogen-bond acceptors (Lipinski definition) is 7. The lowest BCUT2D eigenvalue weighted by Gasteiger charge is -2.11. The molecule has 1 N–H and O–H groups in total. The van der Waals surface area contributed by atoms with Crippen molar-refractivity contribution in [1.82, 2.24) is 5.32 Å². The molecule has 0 bridgehead atoms. The Kier molecular flexibility index (Phi) is 4.08. The van der Waals surface area contributed by atoms with Crippen molar-refractivity contribution in [2.45, 2.75) is 12.5 Å². The number of benzene rings is 1. The van der Waals surface area contributed by atoms with Crippen LogP contribution in [-0.4, -0.2) is 41.7 Å². The van der Waals surface area contributed by atoms with Crippen LogP contribution in [0.15, 0.2) is 18.2 Å². The Morgan fingerprint density at radius 3 is 2.14 bits per heavy atom. The van der Waals surface area contributed by atoms with Crippen LogP contribution in [0.1, 0.15) is 16.8 Å². The first-order valence-corrected chi connectivity index (χ1v) is 7.96. The molecule has 1 fully saturated rings. The highest BCUT2D eigenvalue weighted by atomic mass is 32.2. The van der Waals surface area contributed by atoms with E-state index < -0.39 is 48.6 Å². The molecule has 1 aromatic carbocycles. The van der Waals surface area contributed by atoms with Crippen molar-refractivity contribution in [2.24, 2.45) is 0 Å². The zero-order valence-corrected chi connectivity index (χ0v) is 11.9. The molecule has 0 aromatic heterocycles. The molecule has 1 saturated heterocycles. The first-order chi connectivity index (χ1) is 10.2. The van der Waals surface area contributed by atoms with E-state index >= 15 is 0 Å². The molecule has 10 nitrogen and oxygen atoms in total. The summed E-state index contributed by atoms with van der Waals surface area (Å²) >= 11 is 0. The first kappa shape index (κ1) is 15.8. The average Bonchev–Trinajstić information content (AvgIpc) is 2.76. The van der Waals surface area contributed by atoms with Crippen molar-refractivity contribution in [1.29, 1.82) is 0 Å². The van der Waals surface area contributed by atoms with Crippen molar-refractivity contribution in [2.75, 3.05) is 11.5 Å². The highest BCUT2D eigenvalue weighted by Gasteiger charge is 2.34. The third kappa shape index (κ3) is 3.19. The van der Waals surface area contributed by atoms with Crippen molar-refractivity contribution < 1.29 is 23.1 Å². The molecule has 0 saturated carbocycles. The molecule has 0 radical (unpaired) electrons. The normalized spacial score (nSPS) is 19.5. The van der Waals surface area contributed by atoms with Gasteiger partial charge in [0.1, 0.15) is 0 Å². The zero-order valence-electron chi connectivity index (χ0n) is 11.1. The lowest BCUT2D eigenvalue weighted by atomic mass is 10.1. The van der Waals surface area contributed by atoms with Crippen LogP contribution in [0.3, 0.4) is 0 Å². The van der Waals surface area contributed by atoms with Crippen molar-refractivity contribution in [3.63, 3.8) is 0 Å². The standard InChI is InChI=1S/C11H11N3O7S/c15-11(12-7-4-5-22(20,21)6-7)10-8(13(16)17)2-1-3-9(10)14(18)19/h1-3,7H,4-6H2,(H,12,15). The highest BCUT2D eigenvalue weighted by molar-refractivity contribution is 7.91. The van der Waals surface area contributed by atoms with Gasteiger partial charge in [0.05, 0.1) is 21.4 Å². The molecule has 0 spiro atoms. The second-order valence-electron chi connectivity index (χ2n) is 4.76. The molecular weight excluding hydrogens is 318 g/mol. The Labute approximate surface area is 124 Å². The van der Waals surface area contributed by atoms with Gasteiger partial charge in [0, 0.05) is 18.2 Å². The van der Waals surface area contributed by atoms with E-state index in [1.807, 2.05) is 0 Å². The number of nitro groups is 2. The second kappa shape index (κ2) is 5.67. The number of nitro benzene ring substituents is 2. The Balaban J connectivity index is 2.36. The fourth-order valence-electron chi connectivity index (χ4n) is 2.23. The van der Waals surface area contributed by atoms with Gasteiger partial charge in [-0.25, -0.2) is 8.42 Å². The molecule has 1 aromatic rings. The third-order valence-corrected chi connectivity index (χ3v) is 4.98. The van der Waals surface area contributed by atoms with E-state index in [9.17, 15) is 33.4 Å². The third-order valence-electron chi connectivity index (χ3n) is 3.21. The number of carbonyl (C=O) groups excluding carboxylic acids is 1. The molecule has 11 heteroatoms. The first-order valence-electron chi connectivity index (χ1n) is 6.14. The fourth-order valence-corrected chi connectivity index (χ4v) is 3.90. The number of hydrogen-bond donors (Lipinski definition) is 1. The monoisotopic (exact) mass is 329 g/mol.